The molecule has 2 rings (SSSR count). The molecule has 0 spiro atoms. The summed E-state index contributed by atoms with van der Waals surface area (Å²) < 4.78 is 1.52. The van der Waals surface area contributed by atoms with Gasteiger partial charge in [0.2, 0.25) is 0 Å². The van der Waals surface area contributed by atoms with Crippen molar-refractivity contribution in [1.82, 2.24) is 15.0 Å². The van der Waals surface area contributed by atoms with Crippen molar-refractivity contribution < 1.29 is 0 Å². The zero-order chi connectivity index (χ0) is 9.26. The number of hydrogen-bond acceptors (Lipinski definition) is 4. The molecule has 5 nitrogen and oxygen atoms in total. The van der Waals surface area contributed by atoms with Crippen molar-refractivity contribution in [3.63, 3.8) is 0 Å². The van der Waals surface area contributed by atoms with Gasteiger partial charge in [0.15, 0.2) is 5.69 Å². The predicted molar refractivity (Wildman–Crippen MR) is 42.3 cm³/mol. The lowest BCUT2D eigenvalue weighted by Gasteiger charge is -1.98. The first-order chi connectivity index (χ1) is 6.36. The summed E-state index contributed by atoms with van der Waals surface area (Å²) in [6.07, 6.45) is 2.15. The average Bonchev–Trinajstić information content (AvgIpc) is 2.89. The number of nitrogens with zero attached hydrogens (tertiary/aromatic N) is 5. The van der Waals surface area contributed by atoms with Crippen LogP contribution in [0.15, 0.2) is 0 Å². The van der Waals surface area contributed by atoms with Crippen LogP contribution in [-0.2, 0) is 6.54 Å². The Kier molecular flexibility index (Phi) is 1.71. The summed E-state index contributed by atoms with van der Waals surface area (Å²) in [5, 5.41) is 24.7. The Labute approximate surface area is 75.2 Å². The summed E-state index contributed by atoms with van der Waals surface area (Å²) in [5.74, 6) is 0.401. The molecule has 0 bridgehead atoms. The molecule has 1 aromatic heterocycles. The molecule has 1 aliphatic carbocycles. The van der Waals surface area contributed by atoms with Gasteiger partial charge in [-0.05, 0) is 12.8 Å². The van der Waals surface area contributed by atoms with E-state index in [1.165, 1.54) is 4.68 Å². The van der Waals surface area contributed by atoms with Gasteiger partial charge >= 0.3 is 0 Å². The lowest BCUT2D eigenvalue weighted by atomic mass is 10.2. The largest absolute Gasteiger partial charge is 0.234 e. The molecule has 0 atom stereocenters. The van der Waals surface area contributed by atoms with E-state index >= 15 is 0 Å². The van der Waals surface area contributed by atoms with E-state index in [1.807, 2.05) is 12.1 Å². The highest BCUT2D eigenvalue weighted by Gasteiger charge is 2.31. The standard InChI is InChI=1S/C8H7N5/c9-3-4-13-8(6-1-2-6)7(5-10)11-12-13/h6H,1-2,4H2. The van der Waals surface area contributed by atoms with Gasteiger partial charge in [-0.3, -0.25) is 0 Å². The zero-order valence-electron chi connectivity index (χ0n) is 6.93. The first-order valence-corrected chi connectivity index (χ1v) is 4.07. The number of nitriles is 2. The van der Waals surface area contributed by atoms with Crippen LogP contribution in [-0.4, -0.2) is 15.0 Å². The highest BCUT2D eigenvalue weighted by molar-refractivity contribution is 5.30. The SMILES string of the molecule is N#CCn1nnc(C#N)c1C1CC1. The Balaban J connectivity index is 2.41. The van der Waals surface area contributed by atoms with Crippen LogP contribution in [0, 0.1) is 22.7 Å². The molecular weight excluding hydrogens is 166 g/mol. The van der Waals surface area contributed by atoms with E-state index in [1.54, 1.807) is 0 Å². The van der Waals surface area contributed by atoms with Crippen LogP contribution in [0.3, 0.4) is 0 Å². The van der Waals surface area contributed by atoms with E-state index in [4.69, 9.17) is 10.5 Å². The van der Waals surface area contributed by atoms with Crippen molar-refractivity contribution in [3.05, 3.63) is 11.4 Å². The first-order valence-electron chi connectivity index (χ1n) is 4.07. The molecule has 5 heteroatoms. The molecule has 0 aliphatic heterocycles. The van der Waals surface area contributed by atoms with Gasteiger partial charge in [-0.15, -0.1) is 5.10 Å². The Morgan fingerprint density at radius 3 is 2.77 bits per heavy atom. The molecule has 0 aromatic carbocycles. The highest BCUT2D eigenvalue weighted by atomic mass is 15.4. The molecule has 1 heterocycles. The monoisotopic (exact) mass is 173 g/mol. The van der Waals surface area contributed by atoms with Gasteiger partial charge in [-0.1, -0.05) is 5.21 Å². The molecule has 0 amide bonds. The van der Waals surface area contributed by atoms with Crippen LogP contribution in [0.5, 0.6) is 0 Å². The molecule has 0 unspecified atom stereocenters. The number of hydrogen-bond donors (Lipinski definition) is 0. The summed E-state index contributed by atoms with van der Waals surface area (Å²) in [6, 6.07) is 3.99. The van der Waals surface area contributed by atoms with Gasteiger partial charge in [0.05, 0.1) is 11.8 Å². The third-order valence-electron chi connectivity index (χ3n) is 2.06. The van der Waals surface area contributed by atoms with Gasteiger partial charge in [0.25, 0.3) is 0 Å². The maximum atomic E-state index is 8.73. The van der Waals surface area contributed by atoms with Gasteiger partial charge in [-0.25, -0.2) is 4.68 Å². The third-order valence-corrected chi connectivity index (χ3v) is 2.06. The van der Waals surface area contributed by atoms with E-state index in [-0.39, 0.29) is 6.54 Å². The quantitative estimate of drug-likeness (QED) is 0.654. The summed E-state index contributed by atoms with van der Waals surface area (Å²) in [7, 11) is 0. The topological polar surface area (TPSA) is 78.3 Å². The second-order valence-electron chi connectivity index (χ2n) is 3.03. The summed E-state index contributed by atoms with van der Waals surface area (Å²) in [5.41, 5.74) is 1.21. The van der Waals surface area contributed by atoms with E-state index in [0.29, 0.717) is 11.6 Å². The Morgan fingerprint density at radius 1 is 1.46 bits per heavy atom. The van der Waals surface area contributed by atoms with Crippen LogP contribution in [0.4, 0.5) is 0 Å². The van der Waals surface area contributed by atoms with E-state index < -0.39 is 0 Å². The molecule has 1 fully saturated rings. The Morgan fingerprint density at radius 2 is 2.23 bits per heavy atom. The Hall–Kier alpha value is -1.88. The normalized spacial score (nSPS) is 14.9. The van der Waals surface area contributed by atoms with Crippen LogP contribution < -0.4 is 0 Å². The lowest BCUT2D eigenvalue weighted by Crippen LogP contribution is -2.03. The van der Waals surface area contributed by atoms with E-state index in [2.05, 4.69) is 10.3 Å². The van der Waals surface area contributed by atoms with Crippen LogP contribution in [0.25, 0.3) is 0 Å². The predicted octanol–water partition coefficient (Wildman–Crippen LogP) is 0.551. The molecule has 0 radical (unpaired) electrons. The highest BCUT2D eigenvalue weighted by Crippen LogP contribution is 2.40. The molecule has 1 aromatic rings. The van der Waals surface area contributed by atoms with Gasteiger partial charge in [-0.2, -0.15) is 10.5 Å². The molecule has 0 N–H and O–H groups in total. The van der Waals surface area contributed by atoms with Gasteiger partial charge < -0.3 is 0 Å². The molecule has 64 valence electrons. The van der Waals surface area contributed by atoms with Crippen LogP contribution >= 0.6 is 0 Å². The van der Waals surface area contributed by atoms with Crippen molar-refractivity contribution in [2.45, 2.75) is 25.3 Å². The van der Waals surface area contributed by atoms with E-state index in [9.17, 15) is 0 Å². The minimum Gasteiger partial charge on any atom is -0.234 e. The minimum absolute atomic E-state index is 0.181. The molecule has 1 saturated carbocycles. The fourth-order valence-corrected chi connectivity index (χ4v) is 1.34. The minimum atomic E-state index is 0.181. The smallest absolute Gasteiger partial charge is 0.186 e. The van der Waals surface area contributed by atoms with E-state index in [0.717, 1.165) is 18.5 Å². The van der Waals surface area contributed by atoms with Crippen LogP contribution in [0.1, 0.15) is 30.1 Å². The zero-order valence-corrected chi connectivity index (χ0v) is 6.93. The summed E-state index contributed by atoms with van der Waals surface area (Å²) >= 11 is 0. The average molecular weight is 173 g/mol. The third kappa shape index (κ3) is 1.25. The summed E-state index contributed by atoms with van der Waals surface area (Å²) in [6.45, 7) is 0.181. The second-order valence-corrected chi connectivity index (χ2v) is 3.03. The first kappa shape index (κ1) is 7.75. The van der Waals surface area contributed by atoms with Crippen molar-refractivity contribution in [2.75, 3.05) is 0 Å². The fraction of sp³-hybridized carbons (Fsp3) is 0.500. The molecule has 1 aliphatic rings. The molecule has 13 heavy (non-hydrogen) atoms. The van der Waals surface area contributed by atoms with Crippen molar-refractivity contribution in [3.8, 4) is 12.1 Å². The number of rotatable bonds is 2. The van der Waals surface area contributed by atoms with Gasteiger partial charge in [0.1, 0.15) is 12.6 Å². The fourth-order valence-electron chi connectivity index (χ4n) is 1.34. The molecular formula is C8H7N5. The maximum Gasteiger partial charge on any atom is 0.186 e. The van der Waals surface area contributed by atoms with Crippen LogP contribution in [0.2, 0.25) is 0 Å². The molecule has 0 saturated heterocycles. The Bertz CT molecular complexity index is 401. The van der Waals surface area contributed by atoms with Crippen molar-refractivity contribution >= 4 is 0 Å². The lowest BCUT2D eigenvalue weighted by molar-refractivity contribution is 0.636. The van der Waals surface area contributed by atoms with Crippen molar-refractivity contribution in [2.24, 2.45) is 0 Å². The second kappa shape index (κ2) is 2.87. The maximum absolute atomic E-state index is 8.73. The number of aromatic nitrogens is 3. The summed E-state index contributed by atoms with van der Waals surface area (Å²) in [4.78, 5) is 0. The van der Waals surface area contributed by atoms with Crippen molar-refractivity contribution in [1.29, 1.82) is 10.5 Å². The van der Waals surface area contributed by atoms with Gasteiger partial charge in [0, 0.05) is 5.92 Å².